The molecule has 9 heteroatoms. The SMILES string of the molecule is CCNCc1cc(S(=O)(=O)NCC(F)(F)F)cs1. The number of sulfonamides is 1. The number of thiophene rings is 1. The van der Waals surface area contributed by atoms with E-state index in [-0.39, 0.29) is 4.90 Å². The molecule has 0 spiro atoms. The zero-order chi connectivity index (χ0) is 13.8. The fourth-order valence-electron chi connectivity index (χ4n) is 1.10. The number of rotatable bonds is 6. The van der Waals surface area contributed by atoms with Crippen molar-refractivity contribution in [1.82, 2.24) is 10.0 Å². The molecule has 0 amide bonds. The second-order valence-electron chi connectivity index (χ2n) is 3.47. The van der Waals surface area contributed by atoms with Crippen LogP contribution in [-0.4, -0.2) is 27.7 Å². The molecule has 0 aromatic carbocycles. The van der Waals surface area contributed by atoms with Crippen molar-refractivity contribution in [3.05, 3.63) is 16.3 Å². The van der Waals surface area contributed by atoms with Crippen molar-refractivity contribution >= 4 is 21.4 Å². The number of hydrogen-bond acceptors (Lipinski definition) is 4. The molecule has 1 rings (SSSR count). The third-order valence-electron chi connectivity index (χ3n) is 1.95. The minimum Gasteiger partial charge on any atom is -0.312 e. The Bertz CT molecular complexity index is 482. The number of alkyl halides is 3. The minimum absolute atomic E-state index is 0.135. The summed E-state index contributed by atoms with van der Waals surface area (Å²) in [5, 5.41) is 4.33. The summed E-state index contributed by atoms with van der Waals surface area (Å²) in [5.41, 5.74) is 0. The standard InChI is InChI=1S/C9H13F3N2O2S2/c1-2-13-4-7-3-8(5-17-7)18(15,16)14-6-9(10,11)12/h3,5,13-14H,2,4,6H2,1H3. The molecule has 0 fully saturated rings. The van der Waals surface area contributed by atoms with Crippen LogP contribution in [0, 0.1) is 0 Å². The van der Waals surface area contributed by atoms with Crippen LogP contribution in [-0.2, 0) is 16.6 Å². The third-order valence-corrected chi connectivity index (χ3v) is 4.42. The van der Waals surface area contributed by atoms with Crippen molar-refractivity contribution in [2.75, 3.05) is 13.1 Å². The van der Waals surface area contributed by atoms with Crippen LogP contribution in [0.3, 0.4) is 0 Å². The van der Waals surface area contributed by atoms with E-state index in [4.69, 9.17) is 0 Å². The summed E-state index contributed by atoms with van der Waals surface area (Å²) in [6.07, 6.45) is -4.56. The molecule has 1 aromatic rings. The number of nitrogens with one attached hydrogen (secondary N) is 2. The van der Waals surface area contributed by atoms with Gasteiger partial charge in [0.05, 0.1) is 4.90 Å². The van der Waals surface area contributed by atoms with Gasteiger partial charge in [-0.1, -0.05) is 6.92 Å². The van der Waals surface area contributed by atoms with Crippen LogP contribution in [0.15, 0.2) is 16.3 Å². The molecule has 2 N–H and O–H groups in total. The second-order valence-corrected chi connectivity index (χ2v) is 6.23. The maximum atomic E-state index is 11.9. The largest absolute Gasteiger partial charge is 0.402 e. The van der Waals surface area contributed by atoms with E-state index in [1.807, 2.05) is 6.92 Å². The van der Waals surface area contributed by atoms with Gasteiger partial charge in [-0.05, 0) is 12.6 Å². The molecule has 104 valence electrons. The summed E-state index contributed by atoms with van der Waals surface area (Å²) in [5.74, 6) is 0. The van der Waals surface area contributed by atoms with E-state index in [9.17, 15) is 21.6 Å². The summed E-state index contributed by atoms with van der Waals surface area (Å²) < 4.78 is 60.4. The lowest BCUT2D eigenvalue weighted by atomic mass is 10.4. The molecule has 0 aliphatic heterocycles. The van der Waals surface area contributed by atoms with E-state index in [1.165, 1.54) is 27.5 Å². The second kappa shape index (κ2) is 6.00. The van der Waals surface area contributed by atoms with Gasteiger partial charge in [-0.2, -0.15) is 13.2 Å². The normalized spacial score (nSPS) is 12.9. The lowest BCUT2D eigenvalue weighted by Gasteiger charge is -2.07. The van der Waals surface area contributed by atoms with Crippen molar-refractivity contribution in [3.8, 4) is 0 Å². The summed E-state index contributed by atoms with van der Waals surface area (Å²) in [7, 11) is -4.09. The minimum atomic E-state index is -4.56. The summed E-state index contributed by atoms with van der Waals surface area (Å²) in [6.45, 7) is 1.56. The molecule has 0 aliphatic rings. The molecule has 18 heavy (non-hydrogen) atoms. The molecule has 0 saturated heterocycles. The molecule has 1 aromatic heterocycles. The van der Waals surface area contributed by atoms with E-state index >= 15 is 0 Å². The highest BCUT2D eigenvalue weighted by atomic mass is 32.2. The van der Waals surface area contributed by atoms with Gasteiger partial charge in [-0.25, -0.2) is 13.1 Å². The fraction of sp³-hybridized carbons (Fsp3) is 0.556. The van der Waals surface area contributed by atoms with Crippen LogP contribution < -0.4 is 10.0 Å². The predicted octanol–water partition coefficient (Wildman–Crippen LogP) is 1.70. The number of hydrogen-bond donors (Lipinski definition) is 2. The molecule has 0 atom stereocenters. The van der Waals surface area contributed by atoms with E-state index in [1.54, 1.807) is 0 Å². The van der Waals surface area contributed by atoms with Gasteiger partial charge in [-0.3, -0.25) is 0 Å². The van der Waals surface area contributed by atoms with Crippen LogP contribution in [0.4, 0.5) is 13.2 Å². The Morgan fingerprint density at radius 1 is 1.39 bits per heavy atom. The Morgan fingerprint density at radius 3 is 2.61 bits per heavy atom. The van der Waals surface area contributed by atoms with Crippen LogP contribution in [0.2, 0.25) is 0 Å². The zero-order valence-corrected chi connectivity index (χ0v) is 11.2. The summed E-state index contributed by atoms with van der Waals surface area (Å²) >= 11 is 1.19. The van der Waals surface area contributed by atoms with Crippen molar-refractivity contribution in [2.45, 2.75) is 24.5 Å². The lowest BCUT2D eigenvalue weighted by molar-refractivity contribution is -0.121. The quantitative estimate of drug-likeness (QED) is 0.841. The van der Waals surface area contributed by atoms with E-state index in [0.29, 0.717) is 6.54 Å². The van der Waals surface area contributed by atoms with E-state index in [0.717, 1.165) is 11.4 Å². The van der Waals surface area contributed by atoms with E-state index < -0.39 is 22.7 Å². The Kier molecular flexibility index (Phi) is 5.14. The van der Waals surface area contributed by atoms with Gasteiger partial charge in [0.2, 0.25) is 10.0 Å². The van der Waals surface area contributed by atoms with Gasteiger partial charge in [0.25, 0.3) is 0 Å². The Morgan fingerprint density at radius 2 is 2.06 bits per heavy atom. The molecule has 0 aliphatic carbocycles. The van der Waals surface area contributed by atoms with Crippen molar-refractivity contribution < 1.29 is 21.6 Å². The monoisotopic (exact) mass is 302 g/mol. The van der Waals surface area contributed by atoms with Gasteiger partial charge in [-0.15, -0.1) is 11.3 Å². The van der Waals surface area contributed by atoms with E-state index in [2.05, 4.69) is 5.32 Å². The van der Waals surface area contributed by atoms with Crippen LogP contribution in [0.25, 0.3) is 0 Å². The first-order valence-corrected chi connectivity index (χ1v) is 7.45. The van der Waals surface area contributed by atoms with Crippen LogP contribution in [0.5, 0.6) is 0 Å². The topological polar surface area (TPSA) is 58.2 Å². The van der Waals surface area contributed by atoms with Gasteiger partial charge in [0.1, 0.15) is 6.54 Å². The third kappa shape index (κ3) is 4.92. The molecule has 0 saturated carbocycles. The first-order valence-electron chi connectivity index (χ1n) is 5.09. The van der Waals surface area contributed by atoms with Crippen molar-refractivity contribution in [2.24, 2.45) is 0 Å². The maximum Gasteiger partial charge on any atom is 0.402 e. The predicted molar refractivity (Wildman–Crippen MR) is 62.9 cm³/mol. The summed E-state index contributed by atoms with van der Waals surface area (Å²) in [6, 6.07) is 1.37. The molecule has 0 radical (unpaired) electrons. The van der Waals surface area contributed by atoms with Crippen LogP contribution in [0.1, 0.15) is 11.8 Å². The molecule has 0 bridgehead atoms. The Balaban J connectivity index is 2.70. The lowest BCUT2D eigenvalue weighted by Crippen LogP contribution is -2.33. The highest BCUT2D eigenvalue weighted by molar-refractivity contribution is 7.89. The molecular formula is C9H13F3N2O2S2. The number of halogens is 3. The summed E-state index contributed by atoms with van der Waals surface area (Å²) in [4.78, 5) is 0.619. The molecular weight excluding hydrogens is 289 g/mol. The Labute approximate surface area is 107 Å². The van der Waals surface area contributed by atoms with Crippen LogP contribution >= 0.6 is 11.3 Å². The first-order chi connectivity index (χ1) is 8.24. The van der Waals surface area contributed by atoms with Gasteiger partial charge >= 0.3 is 6.18 Å². The first kappa shape index (κ1) is 15.4. The fourth-order valence-corrected chi connectivity index (χ4v) is 3.36. The molecule has 0 unspecified atom stereocenters. The molecule has 1 heterocycles. The van der Waals surface area contributed by atoms with Crippen molar-refractivity contribution in [3.63, 3.8) is 0 Å². The van der Waals surface area contributed by atoms with Gasteiger partial charge in [0.15, 0.2) is 0 Å². The average Bonchev–Trinajstić information content (AvgIpc) is 2.72. The van der Waals surface area contributed by atoms with Crippen molar-refractivity contribution in [1.29, 1.82) is 0 Å². The molecule has 4 nitrogen and oxygen atoms in total. The smallest absolute Gasteiger partial charge is 0.312 e. The van der Waals surface area contributed by atoms with Gasteiger partial charge < -0.3 is 5.32 Å². The van der Waals surface area contributed by atoms with Gasteiger partial charge in [0, 0.05) is 16.8 Å². The maximum absolute atomic E-state index is 11.9. The zero-order valence-electron chi connectivity index (χ0n) is 9.54. The average molecular weight is 302 g/mol. The highest BCUT2D eigenvalue weighted by Gasteiger charge is 2.30. The Hall–Kier alpha value is -0.640. The highest BCUT2D eigenvalue weighted by Crippen LogP contribution is 2.20.